The van der Waals surface area contributed by atoms with Crippen LogP contribution in [0.3, 0.4) is 0 Å². The number of amides is 3. The number of aliphatic imine (C=N–C) groups is 1. The van der Waals surface area contributed by atoms with Crippen LogP contribution in [0.25, 0.3) is 10.9 Å². The van der Waals surface area contributed by atoms with Crippen LogP contribution in [-0.4, -0.2) is 76.2 Å². The fraction of sp³-hybridized carbons (Fsp3) is 0.500. The van der Waals surface area contributed by atoms with Crippen molar-refractivity contribution in [3.63, 3.8) is 0 Å². The van der Waals surface area contributed by atoms with Crippen LogP contribution in [0.15, 0.2) is 35.5 Å². The molecule has 3 amide bonds. The highest BCUT2D eigenvalue weighted by Crippen LogP contribution is 2.19. The summed E-state index contributed by atoms with van der Waals surface area (Å²) in [5.41, 5.74) is 18.1. The summed E-state index contributed by atoms with van der Waals surface area (Å²) in [6.45, 7) is 3.91. The SMILES string of the molecule is CC(C)CC(NC(=O)C(Cc1c[nH]c2ccccc12)NC(=O)C(CCCN=C(N)N)NC(=O)C(N)CS)C(=O)O. The summed E-state index contributed by atoms with van der Waals surface area (Å²) in [7, 11) is 0. The molecule has 0 bridgehead atoms. The Morgan fingerprint density at radius 1 is 1.00 bits per heavy atom. The smallest absolute Gasteiger partial charge is 0.326 e. The monoisotopic (exact) mass is 576 g/mol. The molecule has 1 aromatic heterocycles. The Balaban J connectivity index is 2.32. The quantitative estimate of drug-likeness (QED) is 0.0551. The molecule has 1 aromatic carbocycles. The van der Waals surface area contributed by atoms with E-state index in [0.717, 1.165) is 16.5 Å². The number of aliphatic carboxylic acids is 1. The number of rotatable bonds is 16. The van der Waals surface area contributed by atoms with Crippen molar-refractivity contribution < 1.29 is 24.3 Å². The number of carboxylic acid groups (broad SMARTS) is 1. The molecule has 4 atom stereocenters. The van der Waals surface area contributed by atoms with Crippen molar-refractivity contribution in [2.75, 3.05) is 12.3 Å². The summed E-state index contributed by atoms with van der Waals surface area (Å²) in [6, 6.07) is 3.18. The van der Waals surface area contributed by atoms with Crippen molar-refractivity contribution in [1.82, 2.24) is 20.9 Å². The molecule has 13 nitrogen and oxygen atoms in total. The largest absolute Gasteiger partial charge is 0.480 e. The number of para-hydroxylation sites is 1. The van der Waals surface area contributed by atoms with Crippen LogP contribution in [0.4, 0.5) is 0 Å². The average Bonchev–Trinajstić information content (AvgIpc) is 3.31. The number of fused-ring (bicyclic) bond motifs is 1. The number of nitrogens with one attached hydrogen (secondary N) is 4. The third kappa shape index (κ3) is 10.1. The van der Waals surface area contributed by atoms with Crippen molar-refractivity contribution in [3.05, 3.63) is 36.0 Å². The first kappa shape index (κ1) is 32.4. The molecule has 2 aromatic rings. The van der Waals surface area contributed by atoms with Crippen LogP contribution in [-0.2, 0) is 25.6 Å². The van der Waals surface area contributed by atoms with Gasteiger partial charge in [0.1, 0.15) is 18.1 Å². The molecule has 0 spiro atoms. The number of aromatic amines is 1. The van der Waals surface area contributed by atoms with E-state index >= 15 is 0 Å². The minimum Gasteiger partial charge on any atom is -0.480 e. The van der Waals surface area contributed by atoms with E-state index in [0.29, 0.717) is 6.42 Å². The Morgan fingerprint density at radius 3 is 2.25 bits per heavy atom. The second-order valence-corrected chi connectivity index (χ2v) is 10.3. The van der Waals surface area contributed by atoms with Crippen molar-refractivity contribution in [2.45, 2.75) is 63.7 Å². The molecule has 0 aliphatic carbocycles. The number of nitrogens with two attached hydrogens (primary N) is 3. The molecule has 220 valence electrons. The van der Waals surface area contributed by atoms with Crippen LogP contribution < -0.4 is 33.2 Å². The molecular formula is C26H40N8O5S. The van der Waals surface area contributed by atoms with Crippen LogP contribution in [0.2, 0.25) is 0 Å². The molecule has 2 rings (SSSR count). The first-order valence-corrected chi connectivity index (χ1v) is 13.7. The van der Waals surface area contributed by atoms with Crippen LogP contribution in [0, 0.1) is 5.92 Å². The van der Waals surface area contributed by atoms with E-state index in [1.54, 1.807) is 6.20 Å². The first-order valence-electron chi connectivity index (χ1n) is 13.0. The van der Waals surface area contributed by atoms with Crippen LogP contribution in [0.5, 0.6) is 0 Å². The van der Waals surface area contributed by atoms with Gasteiger partial charge < -0.3 is 43.2 Å². The topological polar surface area (TPSA) is 231 Å². The fourth-order valence-corrected chi connectivity index (χ4v) is 4.27. The number of carbonyl (C=O) groups is 4. The second-order valence-electron chi connectivity index (χ2n) is 9.95. The van der Waals surface area contributed by atoms with Crippen molar-refractivity contribution >= 4 is 53.2 Å². The molecule has 0 radical (unpaired) electrons. The van der Waals surface area contributed by atoms with Crippen LogP contribution in [0.1, 0.15) is 38.7 Å². The molecule has 11 N–H and O–H groups in total. The lowest BCUT2D eigenvalue weighted by molar-refractivity contribution is -0.142. The number of nitrogens with zero attached hydrogens (tertiary/aromatic N) is 1. The maximum Gasteiger partial charge on any atom is 0.326 e. The highest BCUT2D eigenvalue weighted by atomic mass is 32.1. The van der Waals surface area contributed by atoms with Crippen molar-refractivity contribution in [2.24, 2.45) is 28.1 Å². The first-order chi connectivity index (χ1) is 18.9. The van der Waals surface area contributed by atoms with E-state index in [9.17, 15) is 24.3 Å². The van der Waals surface area contributed by atoms with Gasteiger partial charge in [0.05, 0.1) is 6.04 Å². The van der Waals surface area contributed by atoms with E-state index in [1.807, 2.05) is 38.1 Å². The van der Waals surface area contributed by atoms with Gasteiger partial charge in [-0.25, -0.2) is 4.79 Å². The lowest BCUT2D eigenvalue weighted by atomic mass is 10.0. The van der Waals surface area contributed by atoms with E-state index in [4.69, 9.17) is 17.2 Å². The van der Waals surface area contributed by atoms with Crippen molar-refractivity contribution in [1.29, 1.82) is 0 Å². The molecule has 0 fully saturated rings. The van der Waals surface area contributed by atoms with Gasteiger partial charge in [-0.1, -0.05) is 32.0 Å². The minimum absolute atomic E-state index is 0.00362. The predicted octanol–water partition coefficient (Wildman–Crippen LogP) is -0.394. The maximum atomic E-state index is 13.4. The molecule has 0 saturated heterocycles. The zero-order valence-electron chi connectivity index (χ0n) is 22.7. The number of hydrogen-bond donors (Lipinski definition) is 9. The number of thiol groups is 1. The Labute approximate surface area is 238 Å². The van der Waals surface area contributed by atoms with E-state index in [2.05, 4.69) is 38.6 Å². The lowest BCUT2D eigenvalue weighted by Crippen LogP contribution is -2.57. The number of hydrogen-bond acceptors (Lipinski definition) is 7. The highest BCUT2D eigenvalue weighted by molar-refractivity contribution is 7.80. The van der Waals surface area contributed by atoms with Gasteiger partial charge >= 0.3 is 5.97 Å². The molecule has 40 heavy (non-hydrogen) atoms. The standard InChI is InChI=1S/C26H40N8O5S/c1-14(2)10-21(25(38)39)34-24(37)20(11-15-12-31-18-7-4-3-6-16(15)18)33-23(36)19(8-5-9-30-26(28)29)32-22(35)17(27)13-40/h3-4,6-7,12,14,17,19-21,31,40H,5,8-11,13,27H2,1-2H3,(H,32,35)(H,33,36)(H,34,37)(H,38,39)(H4,28,29,30). The third-order valence-electron chi connectivity index (χ3n) is 6.17. The van der Waals surface area contributed by atoms with Gasteiger partial charge in [-0.3, -0.25) is 19.4 Å². The Hall–Kier alpha value is -3.78. The number of guanidine groups is 1. The van der Waals surface area contributed by atoms with Gasteiger partial charge in [-0.05, 0) is 36.8 Å². The van der Waals surface area contributed by atoms with E-state index in [1.165, 1.54) is 0 Å². The Bertz CT molecular complexity index is 1200. The fourth-order valence-electron chi connectivity index (χ4n) is 4.10. The van der Waals surface area contributed by atoms with Crippen LogP contribution >= 0.6 is 12.6 Å². The summed E-state index contributed by atoms with van der Waals surface area (Å²) in [4.78, 5) is 58.2. The van der Waals surface area contributed by atoms with Gasteiger partial charge in [-0.2, -0.15) is 12.6 Å². The zero-order valence-corrected chi connectivity index (χ0v) is 23.6. The second kappa shape index (κ2) is 15.7. The predicted molar refractivity (Wildman–Crippen MR) is 157 cm³/mol. The van der Waals surface area contributed by atoms with Crippen molar-refractivity contribution in [3.8, 4) is 0 Å². The summed E-state index contributed by atoms with van der Waals surface area (Å²) in [5, 5.41) is 18.4. The van der Waals surface area contributed by atoms with Gasteiger partial charge in [0, 0.05) is 35.8 Å². The lowest BCUT2D eigenvalue weighted by Gasteiger charge is -2.25. The van der Waals surface area contributed by atoms with Gasteiger partial charge in [0.25, 0.3) is 0 Å². The van der Waals surface area contributed by atoms with Gasteiger partial charge in [-0.15, -0.1) is 0 Å². The number of carbonyl (C=O) groups excluding carboxylic acids is 3. The molecular weight excluding hydrogens is 536 g/mol. The number of H-pyrrole nitrogens is 1. The third-order valence-corrected chi connectivity index (χ3v) is 6.56. The molecule has 4 unspecified atom stereocenters. The summed E-state index contributed by atoms with van der Waals surface area (Å²) < 4.78 is 0. The molecule has 0 aliphatic rings. The average molecular weight is 577 g/mol. The maximum absolute atomic E-state index is 13.4. The van der Waals surface area contributed by atoms with E-state index < -0.39 is 47.9 Å². The molecule has 0 aliphatic heterocycles. The summed E-state index contributed by atoms with van der Waals surface area (Å²) in [6.07, 6.45) is 2.52. The normalized spacial score (nSPS) is 14.1. The zero-order chi connectivity index (χ0) is 29.8. The summed E-state index contributed by atoms with van der Waals surface area (Å²) in [5.74, 6) is -3.10. The molecule has 0 saturated carbocycles. The Morgan fingerprint density at radius 2 is 1.62 bits per heavy atom. The number of aromatic nitrogens is 1. The number of benzene rings is 1. The van der Waals surface area contributed by atoms with Gasteiger partial charge in [0.15, 0.2) is 5.96 Å². The van der Waals surface area contributed by atoms with Gasteiger partial charge in [0.2, 0.25) is 17.7 Å². The summed E-state index contributed by atoms with van der Waals surface area (Å²) >= 11 is 4.03. The number of carboxylic acids is 1. The molecule has 14 heteroatoms. The molecule has 1 heterocycles. The highest BCUT2D eigenvalue weighted by Gasteiger charge is 2.31. The van der Waals surface area contributed by atoms with E-state index in [-0.39, 0.29) is 43.4 Å². The Kier molecular flexibility index (Phi) is 12.7. The minimum atomic E-state index is -1.18.